The van der Waals surface area contributed by atoms with Crippen molar-refractivity contribution < 1.29 is 9.53 Å². The van der Waals surface area contributed by atoms with Gasteiger partial charge in [0.25, 0.3) is 0 Å². The van der Waals surface area contributed by atoms with E-state index in [2.05, 4.69) is 41.9 Å². The van der Waals surface area contributed by atoms with Gasteiger partial charge in [0, 0.05) is 10.0 Å². The van der Waals surface area contributed by atoms with Gasteiger partial charge in [-0.15, -0.1) is 0 Å². The maximum absolute atomic E-state index is 10.8. The lowest BCUT2D eigenvalue weighted by molar-refractivity contribution is 0.112. The predicted octanol–water partition coefficient (Wildman–Crippen LogP) is 5.57. The van der Waals surface area contributed by atoms with Crippen molar-refractivity contribution in [3.05, 3.63) is 58.1 Å². The number of benzene rings is 2. The van der Waals surface area contributed by atoms with Gasteiger partial charge in [0.05, 0.1) is 0 Å². The van der Waals surface area contributed by atoms with Crippen LogP contribution in [0.25, 0.3) is 0 Å². The van der Waals surface area contributed by atoms with Crippen molar-refractivity contribution in [2.45, 2.75) is 26.2 Å². The first-order valence-corrected chi connectivity index (χ1v) is 7.46. The second-order valence-corrected chi connectivity index (χ2v) is 5.64. The highest BCUT2D eigenvalue weighted by Gasteiger charge is 2.05. The van der Waals surface area contributed by atoms with Crippen LogP contribution in [0.5, 0.6) is 11.5 Å². The molecule has 0 saturated carbocycles. The number of rotatable bonds is 5. The van der Waals surface area contributed by atoms with Crippen molar-refractivity contribution in [1.29, 1.82) is 0 Å². The summed E-state index contributed by atoms with van der Waals surface area (Å²) in [6.45, 7) is 4.40. The molecule has 1 atom stereocenters. The van der Waals surface area contributed by atoms with Gasteiger partial charge in [0.15, 0.2) is 6.29 Å². The fraction of sp³-hybridized carbons (Fsp3) is 0.235. The molecule has 0 aromatic heterocycles. The molecule has 0 aliphatic rings. The fourth-order valence-corrected chi connectivity index (χ4v) is 2.35. The SMILES string of the molecule is CCC(C)c1ccc(Oc2ccc(C=O)c(Br)c2)cc1. The summed E-state index contributed by atoms with van der Waals surface area (Å²) in [6, 6.07) is 13.5. The van der Waals surface area contributed by atoms with Crippen LogP contribution >= 0.6 is 15.9 Å². The van der Waals surface area contributed by atoms with E-state index in [9.17, 15) is 4.79 Å². The fourth-order valence-electron chi connectivity index (χ4n) is 1.90. The lowest BCUT2D eigenvalue weighted by atomic mass is 9.99. The Hall–Kier alpha value is -1.61. The van der Waals surface area contributed by atoms with E-state index in [1.54, 1.807) is 18.2 Å². The van der Waals surface area contributed by atoms with Gasteiger partial charge in [-0.05, 0) is 64.2 Å². The summed E-state index contributed by atoms with van der Waals surface area (Å²) in [5.41, 5.74) is 1.93. The first kappa shape index (κ1) is 14.8. The van der Waals surface area contributed by atoms with Gasteiger partial charge < -0.3 is 4.74 Å². The number of halogens is 1. The molecule has 2 nitrogen and oxygen atoms in total. The van der Waals surface area contributed by atoms with Gasteiger partial charge in [-0.1, -0.05) is 26.0 Å². The smallest absolute Gasteiger partial charge is 0.151 e. The summed E-state index contributed by atoms with van der Waals surface area (Å²) in [4.78, 5) is 10.8. The summed E-state index contributed by atoms with van der Waals surface area (Å²) in [5.74, 6) is 2.06. The molecule has 0 fully saturated rings. The molecule has 2 aromatic carbocycles. The normalized spacial score (nSPS) is 11.9. The van der Waals surface area contributed by atoms with Crippen LogP contribution in [0.4, 0.5) is 0 Å². The summed E-state index contributed by atoms with van der Waals surface area (Å²) in [5, 5.41) is 0. The Bertz CT molecular complexity index is 590. The minimum absolute atomic E-state index is 0.560. The van der Waals surface area contributed by atoms with Crippen LogP contribution in [0.1, 0.15) is 42.1 Å². The average Bonchev–Trinajstić information content (AvgIpc) is 2.47. The van der Waals surface area contributed by atoms with Crippen molar-refractivity contribution in [1.82, 2.24) is 0 Å². The second-order valence-electron chi connectivity index (χ2n) is 4.78. The third kappa shape index (κ3) is 3.48. The Morgan fingerprint density at radius 1 is 1.15 bits per heavy atom. The number of carbonyl (C=O) groups excluding carboxylic acids is 1. The van der Waals surface area contributed by atoms with Crippen LogP contribution in [0, 0.1) is 0 Å². The highest BCUT2D eigenvalue weighted by molar-refractivity contribution is 9.10. The molecule has 0 aliphatic heterocycles. The lowest BCUT2D eigenvalue weighted by Gasteiger charge is -2.11. The van der Waals surface area contributed by atoms with E-state index in [4.69, 9.17) is 4.74 Å². The highest BCUT2D eigenvalue weighted by Crippen LogP contribution is 2.28. The van der Waals surface area contributed by atoms with Crippen molar-refractivity contribution in [2.75, 3.05) is 0 Å². The maximum Gasteiger partial charge on any atom is 0.151 e. The van der Waals surface area contributed by atoms with E-state index in [1.165, 1.54) is 5.56 Å². The predicted molar refractivity (Wildman–Crippen MR) is 84.8 cm³/mol. The van der Waals surface area contributed by atoms with Gasteiger partial charge in [-0.2, -0.15) is 0 Å². The van der Waals surface area contributed by atoms with Crippen molar-refractivity contribution in [2.24, 2.45) is 0 Å². The summed E-state index contributed by atoms with van der Waals surface area (Å²) in [7, 11) is 0. The number of hydrogen-bond acceptors (Lipinski definition) is 2. The van der Waals surface area contributed by atoms with E-state index < -0.39 is 0 Å². The first-order chi connectivity index (χ1) is 9.63. The maximum atomic E-state index is 10.8. The first-order valence-electron chi connectivity index (χ1n) is 6.66. The van der Waals surface area contributed by atoms with Crippen molar-refractivity contribution in [3.8, 4) is 11.5 Å². The molecule has 1 unspecified atom stereocenters. The van der Waals surface area contributed by atoms with Crippen LogP contribution in [0.3, 0.4) is 0 Å². The number of hydrogen-bond donors (Lipinski definition) is 0. The molecule has 0 spiro atoms. The summed E-state index contributed by atoms with van der Waals surface area (Å²) >= 11 is 3.35. The van der Waals surface area contributed by atoms with Gasteiger partial charge >= 0.3 is 0 Å². The van der Waals surface area contributed by atoms with E-state index in [0.717, 1.165) is 22.9 Å². The molecule has 0 heterocycles. The minimum atomic E-state index is 0.560. The van der Waals surface area contributed by atoms with Crippen LogP contribution in [0.2, 0.25) is 0 Å². The third-order valence-corrected chi connectivity index (χ3v) is 4.08. The van der Waals surface area contributed by atoms with Crippen LogP contribution in [-0.4, -0.2) is 6.29 Å². The molecule has 2 aromatic rings. The summed E-state index contributed by atoms with van der Waals surface area (Å²) in [6.07, 6.45) is 1.94. The molecule has 0 N–H and O–H groups in total. The van der Waals surface area contributed by atoms with Crippen molar-refractivity contribution in [3.63, 3.8) is 0 Å². The number of carbonyl (C=O) groups is 1. The number of ether oxygens (including phenoxy) is 1. The Morgan fingerprint density at radius 3 is 2.35 bits per heavy atom. The Morgan fingerprint density at radius 2 is 1.80 bits per heavy atom. The van der Waals surface area contributed by atoms with Gasteiger partial charge in [0.1, 0.15) is 11.5 Å². The van der Waals surface area contributed by atoms with Crippen LogP contribution in [-0.2, 0) is 0 Å². The topological polar surface area (TPSA) is 26.3 Å². The molecule has 104 valence electrons. The highest BCUT2D eigenvalue weighted by atomic mass is 79.9. The van der Waals surface area contributed by atoms with Gasteiger partial charge in [0.2, 0.25) is 0 Å². The van der Waals surface area contributed by atoms with E-state index in [-0.39, 0.29) is 0 Å². The lowest BCUT2D eigenvalue weighted by Crippen LogP contribution is -1.91. The molecule has 20 heavy (non-hydrogen) atoms. The van der Waals surface area contributed by atoms with Crippen LogP contribution in [0.15, 0.2) is 46.9 Å². The number of aldehydes is 1. The van der Waals surface area contributed by atoms with Crippen molar-refractivity contribution >= 4 is 22.2 Å². The molecule has 0 amide bonds. The van der Waals surface area contributed by atoms with Gasteiger partial charge in [-0.25, -0.2) is 0 Å². The Labute approximate surface area is 127 Å². The van der Waals surface area contributed by atoms with E-state index in [0.29, 0.717) is 17.2 Å². The molecule has 0 bridgehead atoms. The minimum Gasteiger partial charge on any atom is -0.457 e. The second kappa shape index (κ2) is 6.71. The van der Waals surface area contributed by atoms with E-state index in [1.807, 2.05) is 12.1 Å². The summed E-state index contributed by atoms with van der Waals surface area (Å²) < 4.78 is 6.52. The zero-order chi connectivity index (χ0) is 14.5. The molecule has 3 heteroatoms. The molecule has 2 rings (SSSR count). The molecule has 0 aliphatic carbocycles. The Kier molecular flexibility index (Phi) is 4.96. The molecule has 0 radical (unpaired) electrons. The quantitative estimate of drug-likeness (QED) is 0.669. The molecular weight excluding hydrogens is 316 g/mol. The molecule has 0 saturated heterocycles. The largest absolute Gasteiger partial charge is 0.457 e. The third-order valence-electron chi connectivity index (χ3n) is 3.40. The Balaban J connectivity index is 2.14. The van der Waals surface area contributed by atoms with E-state index >= 15 is 0 Å². The zero-order valence-electron chi connectivity index (χ0n) is 11.6. The van der Waals surface area contributed by atoms with Gasteiger partial charge in [-0.3, -0.25) is 4.79 Å². The zero-order valence-corrected chi connectivity index (χ0v) is 13.2. The standard InChI is InChI=1S/C17H17BrO2/c1-3-12(2)13-4-7-15(8-5-13)20-16-9-6-14(11-19)17(18)10-16/h4-12H,3H2,1-2H3. The average molecular weight is 333 g/mol. The molecular formula is C17H17BrO2. The van der Waals surface area contributed by atoms with Crippen LogP contribution < -0.4 is 4.74 Å². The monoisotopic (exact) mass is 332 g/mol.